The molecule has 4 aromatic rings. The second-order valence-electron chi connectivity index (χ2n) is 6.13. The molecule has 0 aliphatic carbocycles. The maximum atomic E-state index is 12.7. The van der Waals surface area contributed by atoms with Gasteiger partial charge in [-0.2, -0.15) is 0 Å². The first-order valence-electron chi connectivity index (χ1n) is 8.71. The molecule has 146 valence electrons. The minimum Gasteiger partial charge on any atom is -0.497 e. The van der Waals surface area contributed by atoms with E-state index in [-0.39, 0.29) is 11.0 Å². The van der Waals surface area contributed by atoms with Crippen LogP contribution >= 0.6 is 23.6 Å². The molecule has 1 aromatic heterocycles. The SMILES string of the molecule is COc1cc(OC)c2nc(NC(=S)NC(=O)c3cccc4ccccc34)sc2c1. The van der Waals surface area contributed by atoms with E-state index >= 15 is 0 Å². The van der Waals surface area contributed by atoms with Crippen LogP contribution in [0.15, 0.2) is 54.6 Å². The molecular weight excluding hydrogens is 406 g/mol. The molecule has 0 unspecified atom stereocenters. The van der Waals surface area contributed by atoms with Crippen molar-refractivity contribution in [3.63, 3.8) is 0 Å². The number of carbonyl (C=O) groups is 1. The Bertz CT molecular complexity index is 1230. The molecule has 0 aliphatic rings. The number of thiocarbonyl (C=S) groups is 1. The van der Waals surface area contributed by atoms with Gasteiger partial charge in [-0.15, -0.1) is 0 Å². The van der Waals surface area contributed by atoms with E-state index < -0.39 is 0 Å². The van der Waals surface area contributed by atoms with Crippen LogP contribution in [0, 0.1) is 0 Å². The van der Waals surface area contributed by atoms with Gasteiger partial charge in [0, 0.05) is 11.6 Å². The van der Waals surface area contributed by atoms with Gasteiger partial charge in [-0.25, -0.2) is 4.98 Å². The van der Waals surface area contributed by atoms with E-state index in [1.807, 2.05) is 42.5 Å². The fourth-order valence-electron chi connectivity index (χ4n) is 3.02. The van der Waals surface area contributed by atoms with Crippen LogP contribution < -0.4 is 20.1 Å². The van der Waals surface area contributed by atoms with Crippen LogP contribution in [0.3, 0.4) is 0 Å². The van der Waals surface area contributed by atoms with Crippen molar-refractivity contribution in [3.05, 3.63) is 60.2 Å². The molecule has 0 spiro atoms. The van der Waals surface area contributed by atoms with Crippen molar-refractivity contribution >= 4 is 60.7 Å². The summed E-state index contributed by atoms with van der Waals surface area (Å²) in [6.07, 6.45) is 0. The lowest BCUT2D eigenvalue weighted by Crippen LogP contribution is -2.34. The number of amides is 1. The molecule has 0 fully saturated rings. The highest BCUT2D eigenvalue weighted by Gasteiger charge is 2.15. The zero-order chi connectivity index (χ0) is 20.4. The van der Waals surface area contributed by atoms with Gasteiger partial charge in [-0.05, 0) is 35.1 Å². The highest BCUT2D eigenvalue weighted by molar-refractivity contribution is 7.80. The maximum absolute atomic E-state index is 12.7. The summed E-state index contributed by atoms with van der Waals surface area (Å²) in [6, 6.07) is 16.9. The van der Waals surface area contributed by atoms with Crippen LogP contribution in [0.4, 0.5) is 5.13 Å². The number of nitrogens with zero attached hydrogens (tertiary/aromatic N) is 1. The minimum atomic E-state index is -0.278. The Hall–Kier alpha value is -3.23. The number of fused-ring (bicyclic) bond motifs is 2. The van der Waals surface area contributed by atoms with E-state index in [0.29, 0.717) is 27.7 Å². The predicted octanol–water partition coefficient (Wildman–Crippen LogP) is 4.59. The van der Waals surface area contributed by atoms with Crippen LogP contribution in [-0.4, -0.2) is 30.2 Å². The van der Waals surface area contributed by atoms with Crippen molar-refractivity contribution in [1.29, 1.82) is 0 Å². The van der Waals surface area contributed by atoms with E-state index in [0.717, 1.165) is 15.5 Å². The average Bonchev–Trinajstić information content (AvgIpc) is 3.14. The van der Waals surface area contributed by atoms with Crippen molar-refractivity contribution in [2.24, 2.45) is 0 Å². The molecule has 0 atom stereocenters. The quantitative estimate of drug-likeness (QED) is 0.468. The van der Waals surface area contributed by atoms with Gasteiger partial charge in [-0.1, -0.05) is 47.7 Å². The van der Waals surface area contributed by atoms with Gasteiger partial charge < -0.3 is 14.8 Å². The highest BCUT2D eigenvalue weighted by atomic mass is 32.1. The Morgan fingerprint density at radius 2 is 1.86 bits per heavy atom. The van der Waals surface area contributed by atoms with Crippen LogP contribution in [-0.2, 0) is 0 Å². The lowest BCUT2D eigenvalue weighted by Gasteiger charge is -2.09. The number of anilines is 1. The van der Waals surface area contributed by atoms with E-state index in [9.17, 15) is 4.79 Å². The normalized spacial score (nSPS) is 10.7. The van der Waals surface area contributed by atoms with Crippen molar-refractivity contribution in [1.82, 2.24) is 10.3 Å². The molecule has 1 amide bonds. The predicted molar refractivity (Wildman–Crippen MR) is 120 cm³/mol. The van der Waals surface area contributed by atoms with Gasteiger partial charge in [0.25, 0.3) is 5.91 Å². The molecule has 0 saturated carbocycles. The summed E-state index contributed by atoms with van der Waals surface area (Å²) in [7, 11) is 3.18. The van der Waals surface area contributed by atoms with Crippen LogP contribution in [0.2, 0.25) is 0 Å². The van der Waals surface area contributed by atoms with Gasteiger partial charge in [0.15, 0.2) is 10.2 Å². The zero-order valence-corrected chi connectivity index (χ0v) is 17.3. The Balaban J connectivity index is 1.54. The van der Waals surface area contributed by atoms with Gasteiger partial charge >= 0.3 is 0 Å². The van der Waals surface area contributed by atoms with E-state index in [2.05, 4.69) is 15.6 Å². The first kappa shape index (κ1) is 19.1. The van der Waals surface area contributed by atoms with Crippen LogP contribution in [0.1, 0.15) is 10.4 Å². The van der Waals surface area contributed by atoms with Gasteiger partial charge in [0.05, 0.1) is 18.9 Å². The summed E-state index contributed by atoms with van der Waals surface area (Å²) in [4.78, 5) is 17.2. The molecule has 0 bridgehead atoms. The van der Waals surface area contributed by atoms with Crippen LogP contribution in [0.5, 0.6) is 11.5 Å². The molecule has 0 aliphatic heterocycles. The molecular formula is C21H17N3O3S2. The van der Waals surface area contributed by atoms with Crippen LogP contribution in [0.25, 0.3) is 21.0 Å². The van der Waals surface area contributed by atoms with E-state index in [1.54, 1.807) is 26.4 Å². The fraction of sp³-hybridized carbons (Fsp3) is 0.0952. The number of benzene rings is 3. The molecule has 3 aromatic carbocycles. The summed E-state index contributed by atoms with van der Waals surface area (Å²) < 4.78 is 11.6. The molecule has 6 nitrogen and oxygen atoms in total. The second kappa shape index (κ2) is 8.02. The van der Waals surface area contributed by atoms with Gasteiger partial charge in [0.1, 0.15) is 17.0 Å². The summed E-state index contributed by atoms with van der Waals surface area (Å²) in [5.41, 5.74) is 1.26. The second-order valence-corrected chi connectivity index (χ2v) is 7.57. The number of hydrogen-bond acceptors (Lipinski definition) is 6. The summed E-state index contributed by atoms with van der Waals surface area (Å²) in [6.45, 7) is 0. The number of ether oxygens (including phenoxy) is 2. The van der Waals surface area contributed by atoms with Gasteiger partial charge in [-0.3, -0.25) is 10.1 Å². The Morgan fingerprint density at radius 3 is 2.66 bits per heavy atom. The number of thiazole rings is 1. The third-order valence-electron chi connectivity index (χ3n) is 4.37. The Kier molecular flexibility index (Phi) is 5.28. The molecule has 0 radical (unpaired) electrons. The monoisotopic (exact) mass is 423 g/mol. The molecule has 4 rings (SSSR count). The maximum Gasteiger partial charge on any atom is 0.258 e. The van der Waals surface area contributed by atoms with Crippen molar-refractivity contribution < 1.29 is 14.3 Å². The molecule has 29 heavy (non-hydrogen) atoms. The van der Waals surface area contributed by atoms with Crippen molar-refractivity contribution in [2.75, 3.05) is 19.5 Å². The van der Waals surface area contributed by atoms with Crippen molar-refractivity contribution in [3.8, 4) is 11.5 Å². The lowest BCUT2D eigenvalue weighted by molar-refractivity contribution is 0.0979. The zero-order valence-electron chi connectivity index (χ0n) is 15.7. The fourth-order valence-corrected chi connectivity index (χ4v) is 4.19. The highest BCUT2D eigenvalue weighted by Crippen LogP contribution is 2.36. The topological polar surface area (TPSA) is 72.5 Å². The van der Waals surface area contributed by atoms with Crippen molar-refractivity contribution in [2.45, 2.75) is 0 Å². The first-order valence-corrected chi connectivity index (χ1v) is 9.94. The number of hydrogen-bond donors (Lipinski definition) is 2. The number of nitrogens with one attached hydrogen (secondary N) is 2. The summed E-state index contributed by atoms with van der Waals surface area (Å²) >= 11 is 6.71. The first-order chi connectivity index (χ1) is 14.1. The van der Waals surface area contributed by atoms with Gasteiger partial charge in [0.2, 0.25) is 0 Å². The number of carbonyl (C=O) groups excluding carboxylic acids is 1. The average molecular weight is 424 g/mol. The molecule has 0 saturated heterocycles. The third-order valence-corrected chi connectivity index (χ3v) is 5.49. The Morgan fingerprint density at radius 1 is 1.07 bits per heavy atom. The number of rotatable bonds is 4. The summed E-state index contributed by atoms with van der Waals surface area (Å²) in [5, 5.41) is 8.29. The smallest absolute Gasteiger partial charge is 0.258 e. The molecule has 8 heteroatoms. The Labute approximate surface area is 176 Å². The lowest BCUT2D eigenvalue weighted by atomic mass is 10.0. The molecule has 1 heterocycles. The van der Waals surface area contributed by atoms with E-state index in [1.165, 1.54) is 11.3 Å². The third kappa shape index (κ3) is 3.85. The summed E-state index contributed by atoms with van der Waals surface area (Å²) in [5.74, 6) is 1.01. The number of methoxy groups -OCH3 is 2. The number of aromatic nitrogens is 1. The molecule has 2 N–H and O–H groups in total. The van der Waals surface area contributed by atoms with E-state index in [4.69, 9.17) is 21.7 Å². The minimum absolute atomic E-state index is 0.174. The standard InChI is InChI=1S/C21H17N3O3S2/c1-26-13-10-16(27-2)18-17(11-13)29-21(22-18)24-20(28)23-19(25)15-9-5-7-12-6-3-4-8-14(12)15/h3-11H,1-2H3,(H2,22,23,24,25,28). The largest absolute Gasteiger partial charge is 0.497 e.